The molecule has 0 saturated heterocycles. The largest absolute Gasteiger partial charge is 0.484 e. The second kappa shape index (κ2) is 9.65. The van der Waals surface area contributed by atoms with E-state index in [1.165, 1.54) is 6.07 Å². The Bertz CT molecular complexity index is 719. The monoisotopic (exact) mass is 395 g/mol. The molecular weight excluding hydrogens is 371 g/mol. The van der Waals surface area contributed by atoms with Crippen LogP contribution in [0.3, 0.4) is 0 Å². The molecule has 0 aromatic heterocycles. The lowest BCUT2D eigenvalue weighted by Gasteiger charge is -2.14. The second-order valence-electron chi connectivity index (χ2n) is 5.77. The summed E-state index contributed by atoms with van der Waals surface area (Å²) in [4.78, 5) is 4.28. The standard InChI is InChI=1S/C16H24F3N3O3S/c1-4-20-15(21-7-8-26(3,23)24)22-10-13-6-5-12(2)9-14(13)25-11-16(17,18)19/h5-6,9H,4,7-8,10-11H2,1-3H3,(H2,20,21,22). The molecule has 0 fully saturated rings. The first-order valence-electron chi connectivity index (χ1n) is 7.99. The van der Waals surface area contributed by atoms with Crippen LogP contribution in [0.4, 0.5) is 13.2 Å². The number of rotatable bonds is 8. The lowest BCUT2D eigenvalue weighted by molar-refractivity contribution is -0.153. The van der Waals surface area contributed by atoms with Crippen molar-refractivity contribution in [2.75, 3.05) is 31.7 Å². The maximum atomic E-state index is 12.4. The number of aliphatic imine (C=N–C) groups is 1. The van der Waals surface area contributed by atoms with E-state index < -0.39 is 22.6 Å². The van der Waals surface area contributed by atoms with Crippen LogP contribution in [0, 0.1) is 6.92 Å². The summed E-state index contributed by atoms with van der Waals surface area (Å²) in [5.41, 5.74) is 1.27. The summed E-state index contributed by atoms with van der Waals surface area (Å²) in [6, 6.07) is 4.94. The quantitative estimate of drug-likeness (QED) is 0.520. The highest BCUT2D eigenvalue weighted by molar-refractivity contribution is 7.90. The third-order valence-corrected chi connectivity index (χ3v) is 4.08. The van der Waals surface area contributed by atoms with Crippen LogP contribution in [0.2, 0.25) is 0 Å². The van der Waals surface area contributed by atoms with Crippen molar-refractivity contribution in [2.45, 2.75) is 26.6 Å². The summed E-state index contributed by atoms with van der Waals surface area (Å²) in [5.74, 6) is 0.443. The molecule has 2 N–H and O–H groups in total. The zero-order valence-electron chi connectivity index (χ0n) is 15.0. The van der Waals surface area contributed by atoms with E-state index >= 15 is 0 Å². The van der Waals surface area contributed by atoms with Crippen LogP contribution >= 0.6 is 0 Å². The van der Waals surface area contributed by atoms with Gasteiger partial charge in [0, 0.05) is 24.9 Å². The smallest absolute Gasteiger partial charge is 0.422 e. The van der Waals surface area contributed by atoms with Gasteiger partial charge in [-0.15, -0.1) is 0 Å². The van der Waals surface area contributed by atoms with Crippen LogP contribution in [0.5, 0.6) is 5.75 Å². The molecule has 1 rings (SSSR count). The van der Waals surface area contributed by atoms with Crippen LogP contribution < -0.4 is 15.4 Å². The maximum Gasteiger partial charge on any atom is 0.422 e. The number of halogens is 3. The Labute approximate surface area is 151 Å². The molecule has 10 heteroatoms. The van der Waals surface area contributed by atoms with Crippen molar-refractivity contribution in [2.24, 2.45) is 4.99 Å². The first kappa shape index (κ1) is 22.1. The number of nitrogens with zero attached hydrogens (tertiary/aromatic N) is 1. The topological polar surface area (TPSA) is 79.8 Å². The predicted octanol–water partition coefficient (Wildman–Crippen LogP) is 2.04. The summed E-state index contributed by atoms with van der Waals surface area (Å²) < 4.78 is 64.4. The van der Waals surface area contributed by atoms with E-state index in [9.17, 15) is 21.6 Å². The van der Waals surface area contributed by atoms with Gasteiger partial charge in [-0.05, 0) is 25.5 Å². The minimum Gasteiger partial charge on any atom is -0.484 e. The zero-order chi connectivity index (χ0) is 19.8. The molecule has 0 radical (unpaired) electrons. The molecular formula is C16H24F3N3O3S. The van der Waals surface area contributed by atoms with Gasteiger partial charge >= 0.3 is 6.18 Å². The number of aryl methyl sites for hydroxylation is 1. The van der Waals surface area contributed by atoms with E-state index in [1.54, 1.807) is 19.1 Å². The first-order valence-corrected chi connectivity index (χ1v) is 10.0. The lowest BCUT2D eigenvalue weighted by Crippen LogP contribution is -2.39. The molecule has 1 aromatic rings. The number of hydrogen-bond donors (Lipinski definition) is 2. The number of ether oxygens (including phenoxy) is 1. The number of guanidine groups is 1. The van der Waals surface area contributed by atoms with Crippen molar-refractivity contribution in [3.8, 4) is 5.75 Å². The second-order valence-corrected chi connectivity index (χ2v) is 8.03. The van der Waals surface area contributed by atoms with E-state index in [0.29, 0.717) is 18.1 Å². The normalized spacial score (nSPS) is 12.8. The fourth-order valence-corrected chi connectivity index (χ4v) is 2.42. The van der Waals surface area contributed by atoms with Crippen LogP contribution in [-0.2, 0) is 16.4 Å². The van der Waals surface area contributed by atoms with Gasteiger partial charge in [0.2, 0.25) is 0 Å². The number of benzene rings is 1. The molecule has 0 saturated carbocycles. The van der Waals surface area contributed by atoms with E-state index in [4.69, 9.17) is 4.74 Å². The summed E-state index contributed by atoms with van der Waals surface area (Å²) in [6.07, 6.45) is -3.29. The predicted molar refractivity (Wildman–Crippen MR) is 95.3 cm³/mol. The van der Waals surface area contributed by atoms with Gasteiger partial charge in [0.25, 0.3) is 0 Å². The number of sulfone groups is 1. The van der Waals surface area contributed by atoms with Gasteiger partial charge in [0.15, 0.2) is 12.6 Å². The van der Waals surface area contributed by atoms with E-state index in [1.807, 2.05) is 6.92 Å². The molecule has 148 valence electrons. The van der Waals surface area contributed by atoms with E-state index in [0.717, 1.165) is 11.8 Å². The molecule has 0 aliphatic rings. The van der Waals surface area contributed by atoms with Crippen molar-refractivity contribution in [3.05, 3.63) is 29.3 Å². The SMILES string of the molecule is CCNC(=NCc1ccc(C)cc1OCC(F)(F)F)NCCS(C)(=O)=O. The van der Waals surface area contributed by atoms with Gasteiger partial charge < -0.3 is 15.4 Å². The molecule has 0 aliphatic heterocycles. The Morgan fingerprint density at radius 2 is 1.96 bits per heavy atom. The van der Waals surface area contributed by atoms with Crippen molar-refractivity contribution < 1.29 is 26.3 Å². The Morgan fingerprint density at radius 1 is 1.27 bits per heavy atom. The van der Waals surface area contributed by atoms with E-state index in [2.05, 4.69) is 15.6 Å². The van der Waals surface area contributed by atoms with Gasteiger partial charge in [-0.25, -0.2) is 13.4 Å². The average molecular weight is 395 g/mol. The highest BCUT2D eigenvalue weighted by Gasteiger charge is 2.28. The molecule has 0 unspecified atom stereocenters. The van der Waals surface area contributed by atoms with Crippen molar-refractivity contribution in [3.63, 3.8) is 0 Å². The molecule has 0 heterocycles. The van der Waals surface area contributed by atoms with Crippen molar-refractivity contribution >= 4 is 15.8 Å². The minimum absolute atomic E-state index is 0.0537. The Morgan fingerprint density at radius 3 is 2.54 bits per heavy atom. The van der Waals surface area contributed by atoms with Gasteiger partial charge in [0.05, 0.1) is 12.3 Å². The van der Waals surface area contributed by atoms with Crippen LogP contribution in [-0.4, -0.2) is 52.3 Å². The fourth-order valence-electron chi connectivity index (χ4n) is 1.95. The van der Waals surface area contributed by atoms with Gasteiger partial charge in [-0.2, -0.15) is 13.2 Å². The van der Waals surface area contributed by atoms with Crippen LogP contribution in [0.25, 0.3) is 0 Å². The van der Waals surface area contributed by atoms with Crippen LogP contribution in [0.15, 0.2) is 23.2 Å². The maximum absolute atomic E-state index is 12.4. The van der Waals surface area contributed by atoms with Gasteiger partial charge in [-0.3, -0.25) is 0 Å². The number of alkyl halides is 3. The highest BCUT2D eigenvalue weighted by atomic mass is 32.2. The van der Waals surface area contributed by atoms with Gasteiger partial charge in [0.1, 0.15) is 15.6 Å². The van der Waals surface area contributed by atoms with Crippen molar-refractivity contribution in [1.29, 1.82) is 0 Å². The van der Waals surface area contributed by atoms with Gasteiger partial charge in [-0.1, -0.05) is 12.1 Å². The Hall–Kier alpha value is -1.97. The number of hydrogen-bond acceptors (Lipinski definition) is 4. The minimum atomic E-state index is -4.42. The highest BCUT2D eigenvalue weighted by Crippen LogP contribution is 2.24. The summed E-state index contributed by atoms with van der Waals surface area (Å²) in [6.45, 7) is 3.04. The first-order chi connectivity index (χ1) is 12.0. The molecule has 6 nitrogen and oxygen atoms in total. The fraction of sp³-hybridized carbons (Fsp3) is 0.562. The summed E-state index contributed by atoms with van der Waals surface area (Å²) in [7, 11) is -3.11. The summed E-state index contributed by atoms with van der Waals surface area (Å²) in [5, 5.41) is 5.82. The number of nitrogens with one attached hydrogen (secondary N) is 2. The van der Waals surface area contributed by atoms with Crippen LogP contribution in [0.1, 0.15) is 18.1 Å². The summed E-state index contributed by atoms with van der Waals surface area (Å²) >= 11 is 0. The third kappa shape index (κ3) is 9.50. The molecule has 0 amide bonds. The van der Waals surface area contributed by atoms with Crippen molar-refractivity contribution in [1.82, 2.24) is 10.6 Å². The average Bonchev–Trinajstić information content (AvgIpc) is 2.49. The molecule has 26 heavy (non-hydrogen) atoms. The Kier molecular flexibility index (Phi) is 8.19. The molecule has 1 aromatic carbocycles. The Balaban J connectivity index is 2.84. The molecule has 0 aliphatic carbocycles. The lowest BCUT2D eigenvalue weighted by atomic mass is 10.1. The molecule has 0 spiro atoms. The molecule has 0 bridgehead atoms. The zero-order valence-corrected chi connectivity index (χ0v) is 15.8. The molecule has 0 atom stereocenters. The third-order valence-electron chi connectivity index (χ3n) is 3.13. The van der Waals surface area contributed by atoms with E-state index in [-0.39, 0.29) is 24.6 Å².